The number of anilines is 2. The molecule has 0 saturated heterocycles. The molecule has 1 atom stereocenters. The maximum atomic E-state index is 9.24. The van der Waals surface area contributed by atoms with E-state index in [2.05, 4.69) is 0 Å². The van der Waals surface area contributed by atoms with Crippen LogP contribution >= 0.6 is 0 Å². The zero-order valence-electron chi connectivity index (χ0n) is 8.22. The van der Waals surface area contributed by atoms with Crippen molar-refractivity contribution >= 4 is 11.4 Å². The zero-order chi connectivity index (χ0) is 10.6. The monoisotopic (exact) mass is 196 g/mol. The van der Waals surface area contributed by atoms with Crippen molar-refractivity contribution in [1.29, 1.82) is 0 Å². The van der Waals surface area contributed by atoms with Gasteiger partial charge in [-0.05, 0) is 18.2 Å². The van der Waals surface area contributed by atoms with Gasteiger partial charge in [-0.25, -0.2) is 0 Å². The average Bonchev–Trinajstić information content (AvgIpc) is 2.17. The quantitative estimate of drug-likeness (QED) is 0.595. The van der Waals surface area contributed by atoms with E-state index in [0.29, 0.717) is 12.2 Å². The fourth-order valence-electron chi connectivity index (χ4n) is 1.24. The third-order valence-corrected chi connectivity index (χ3v) is 2.01. The van der Waals surface area contributed by atoms with Gasteiger partial charge in [-0.1, -0.05) is 6.07 Å². The number of benzene rings is 1. The predicted octanol–water partition coefficient (Wildman–Crippen LogP) is 0.0582. The largest absolute Gasteiger partial charge is 0.399 e. The maximum Gasteiger partial charge on any atom is 0.0945 e. The summed E-state index contributed by atoms with van der Waals surface area (Å²) in [6.07, 6.45) is -0.721. The van der Waals surface area contributed by atoms with Crippen molar-refractivity contribution in [1.82, 2.24) is 0 Å². The lowest BCUT2D eigenvalue weighted by Crippen LogP contribution is -2.31. The molecule has 1 unspecified atom stereocenters. The molecule has 0 aliphatic heterocycles. The molecule has 14 heavy (non-hydrogen) atoms. The molecular weight excluding hydrogens is 180 g/mol. The Balaban J connectivity index is 2.64. The fraction of sp³-hybridized carbons (Fsp3) is 0.400. The molecule has 4 N–H and O–H groups in total. The van der Waals surface area contributed by atoms with Crippen molar-refractivity contribution in [2.24, 2.45) is 0 Å². The minimum Gasteiger partial charge on any atom is -0.399 e. The number of aliphatic hydroxyl groups is 2. The SMILES string of the molecule is CN(CC(O)CO)c1cccc(N)c1. The highest BCUT2D eigenvalue weighted by Crippen LogP contribution is 2.15. The molecule has 0 aliphatic carbocycles. The van der Waals surface area contributed by atoms with Gasteiger partial charge in [-0.15, -0.1) is 0 Å². The summed E-state index contributed by atoms with van der Waals surface area (Å²) in [6.45, 7) is 0.159. The summed E-state index contributed by atoms with van der Waals surface area (Å²) in [6, 6.07) is 7.39. The smallest absolute Gasteiger partial charge is 0.0945 e. The van der Waals surface area contributed by atoms with Gasteiger partial charge in [-0.3, -0.25) is 0 Å². The zero-order valence-corrected chi connectivity index (χ0v) is 8.22. The summed E-state index contributed by atoms with van der Waals surface area (Å²) < 4.78 is 0. The minimum absolute atomic E-state index is 0.230. The van der Waals surface area contributed by atoms with Crippen LogP contribution in [-0.4, -0.2) is 36.5 Å². The van der Waals surface area contributed by atoms with E-state index in [1.54, 1.807) is 6.07 Å². The molecule has 0 amide bonds. The van der Waals surface area contributed by atoms with Crippen molar-refractivity contribution in [2.75, 3.05) is 30.8 Å². The number of nitrogens with zero attached hydrogens (tertiary/aromatic N) is 1. The molecule has 0 saturated carbocycles. The second-order valence-corrected chi connectivity index (χ2v) is 3.31. The van der Waals surface area contributed by atoms with Gasteiger partial charge in [-0.2, -0.15) is 0 Å². The van der Waals surface area contributed by atoms with Crippen molar-refractivity contribution < 1.29 is 10.2 Å². The average molecular weight is 196 g/mol. The van der Waals surface area contributed by atoms with E-state index >= 15 is 0 Å². The molecule has 78 valence electrons. The summed E-state index contributed by atoms with van der Waals surface area (Å²) in [4.78, 5) is 1.84. The van der Waals surface area contributed by atoms with Crippen LogP contribution in [0.5, 0.6) is 0 Å². The Bertz CT molecular complexity index is 291. The van der Waals surface area contributed by atoms with Crippen molar-refractivity contribution in [3.05, 3.63) is 24.3 Å². The van der Waals surface area contributed by atoms with E-state index in [1.165, 1.54) is 0 Å². The molecule has 4 nitrogen and oxygen atoms in total. The second-order valence-electron chi connectivity index (χ2n) is 3.31. The fourth-order valence-corrected chi connectivity index (χ4v) is 1.24. The van der Waals surface area contributed by atoms with Crippen LogP contribution < -0.4 is 10.6 Å². The number of hydrogen-bond acceptors (Lipinski definition) is 4. The Morgan fingerprint density at radius 1 is 1.50 bits per heavy atom. The molecular formula is C10H16N2O2. The number of nitrogens with two attached hydrogens (primary N) is 1. The Kier molecular flexibility index (Phi) is 3.73. The van der Waals surface area contributed by atoms with Crippen LogP contribution in [0, 0.1) is 0 Å². The lowest BCUT2D eigenvalue weighted by atomic mass is 10.2. The summed E-state index contributed by atoms with van der Waals surface area (Å²) in [5, 5.41) is 17.9. The second kappa shape index (κ2) is 4.83. The van der Waals surface area contributed by atoms with Gasteiger partial charge in [0.1, 0.15) is 0 Å². The highest BCUT2D eigenvalue weighted by molar-refractivity contribution is 5.55. The van der Waals surface area contributed by atoms with Gasteiger partial charge in [0, 0.05) is 25.0 Å². The topological polar surface area (TPSA) is 69.7 Å². The number of aliphatic hydroxyl groups excluding tert-OH is 2. The highest BCUT2D eigenvalue weighted by Gasteiger charge is 2.07. The Morgan fingerprint density at radius 2 is 2.21 bits per heavy atom. The van der Waals surface area contributed by atoms with E-state index < -0.39 is 6.10 Å². The lowest BCUT2D eigenvalue weighted by molar-refractivity contribution is 0.101. The van der Waals surface area contributed by atoms with Crippen LogP contribution in [0.1, 0.15) is 0 Å². The highest BCUT2D eigenvalue weighted by atomic mass is 16.3. The van der Waals surface area contributed by atoms with E-state index in [1.807, 2.05) is 30.1 Å². The first-order valence-electron chi connectivity index (χ1n) is 4.49. The Morgan fingerprint density at radius 3 is 2.79 bits per heavy atom. The van der Waals surface area contributed by atoms with Gasteiger partial charge >= 0.3 is 0 Å². The third-order valence-electron chi connectivity index (χ3n) is 2.01. The predicted molar refractivity (Wildman–Crippen MR) is 57.2 cm³/mol. The van der Waals surface area contributed by atoms with Crippen LogP contribution in [0.15, 0.2) is 24.3 Å². The Labute approximate surface area is 83.6 Å². The first kappa shape index (κ1) is 10.8. The molecule has 1 rings (SSSR count). The van der Waals surface area contributed by atoms with Gasteiger partial charge in [0.2, 0.25) is 0 Å². The number of hydrogen-bond donors (Lipinski definition) is 3. The molecule has 0 spiro atoms. The number of nitrogen functional groups attached to an aromatic ring is 1. The normalized spacial score (nSPS) is 12.5. The van der Waals surface area contributed by atoms with E-state index in [9.17, 15) is 5.11 Å². The van der Waals surface area contributed by atoms with Gasteiger partial charge < -0.3 is 20.8 Å². The third kappa shape index (κ3) is 2.90. The molecule has 0 aromatic heterocycles. The molecule has 0 aliphatic rings. The van der Waals surface area contributed by atoms with Crippen LogP contribution in [0.4, 0.5) is 11.4 Å². The van der Waals surface area contributed by atoms with Crippen LogP contribution in [0.3, 0.4) is 0 Å². The van der Waals surface area contributed by atoms with E-state index in [-0.39, 0.29) is 6.61 Å². The van der Waals surface area contributed by atoms with E-state index in [0.717, 1.165) is 5.69 Å². The molecule has 0 radical (unpaired) electrons. The molecule has 0 bridgehead atoms. The first-order valence-corrected chi connectivity index (χ1v) is 4.49. The minimum atomic E-state index is -0.721. The lowest BCUT2D eigenvalue weighted by Gasteiger charge is -2.21. The number of likely N-dealkylation sites (N-methyl/N-ethyl adjacent to an activating group) is 1. The molecule has 0 fully saturated rings. The maximum absolute atomic E-state index is 9.24. The molecule has 4 heteroatoms. The molecule has 1 aromatic carbocycles. The summed E-state index contributed by atoms with van der Waals surface area (Å²) >= 11 is 0. The molecule has 0 heterocycles. The first-order chi connectivity index (χ1) is 6.63. The van der Waals surface area contributed by atoms with Crippen molar-refractivity contribution in [2.45, 2.75) is 6.10 Å². The van der Waals surface area contributed by atoms with Crippen LogP contribution in [-0.2, 0) is 0 Å². The van der Waals surface area contributed by atoms with Crippen LogP contribution in [0.25, 0.3) is 0 Å². The van der Waals surface area contributed by atoms with E-state index in [4.69, 9.17) is 10.8 Å². The van der Waals surface area contributed by atoms with Gasteiger partial charge in [0.15, 0.2) is 0 Å². The Hall–Kier alpha value is -1.26. The van der Waals surface area contributed by atoms with Crippen molar-refractivity contribution in [3.8, 4) is 0 Å². The number of rotatable bonds is 4. The summed E-state index contributed by atoms with van der Waals surface area (Å²) in [5.74, 6) is 0. The summed E-state index contributed by atoms with van der Waals surface area (Å²) in [5.41, 5.74) is 7.24. The van der Waals surface area contributed by atoms with Crippen molar-refractivity contribution in [3.63, 3.8) is 0 Å². The summed E-state index contributed by atoms with van der Waals surface area (Å²) in [7, 11) is 1.84. The molecule has 1 aromatic rings. The van der Waals surface area contributed by atoms with Gasteiger partial charge in [0.05, 0.1) is 12.7 Å². The standard InChI is InChI=1S/C10H16N2O2/c1-12(6-10(14)7-13)9-4-2-3-8(11)5-9/h2-5,10,13-14H,6-7,11H2,1H3. The van der Waals surface area contributed by atoms with Gasteiger partial charge in [0.25, 0.3) is 0 Å². The van der Waals surface area contributed by atoms with Crippen LogP contribution in [0.2, 0.25) is 0 Å².